The topological polar surface area (TPSA) is 72.5 Å². The van der Waals surface area contributed by atoms with Crippen molar-refractivity contribution in [2.75, 3.05) is 0 Å². The van der Waals surface area contributed by atoms with Crippen molar-refractivity contribution in [1.29, 1.82) is 0 Å². The second-order valence-corrected chi connectivity index (χ2v) is 8.26. The number of hydrogen-bond acceptors (Lipinski definition) is 4. The van der Waals surface area contributed by atoms with Gasteiger partial charge in [-0.3, -0.25) is 4.79 Å². The van der Waals surface area contributed by atoms with Gasteiger partial charge in [-0.2, -0.15) is 4.39 Å². The van der Waals surface area contributed by atoms with Crippen molar-refractivity contribution in [3.63, 3.8) is 0 Å². The molecule has 3 aromatic carbocycles. The van der Waals surface area contributed by atoms with E-state index in [-0.39, 0.29) is 10.6 Å². The Morgan fingerprint density at radius 3 is 2.21 bits per heavy atom. The molecule has 0 aromatic heterocycles. The summed E-state index contributed by atoms with van der Waals surface area (Å²) in [6, 6.07) is 15.6. The van der Waals surface area contributed by atoms with Gasteiger partial charge in [-0.15, -0.1) is 0 Å². The van der Waals surface area contributed by atoms with Gasteiger partial charge in [0, 0.05) is 0 Å². The lowest BCUT2D eigenvalue weighted by Gasteiger charge is -2.15. The summed E-state index contributed by atoms with van der Waals surface area (Å²) in [5, 5.41) is 1.74. The number of benzene rings is 3. The molecule has 146 valence electrons. The number of carbonyl (C=O) groups is 1. The molecule has 0 heterocycles. The molecule has 1 unspecified atom stereocenters. The summed E-state index contributed by atoms with van der Waals surface area (Å²) in [6.45, 7) is 5.08. The van der Waals surface area contributed by atoms with E-state index in [1.807, 2.05) is 31.2 Å². The van der Waals surface area contributed by atoms with Crippen LogP contribution in [0.15, 0.2) is 59.5 Å². The van der Waals surface area contributed by atoms with Gasteiger partial charge in [-0.05, 0) is 54.8 Å². The van der Waals surface area contributed by atoms with Gasteiger partial charge in [0.05, 0.1) is 4.90 Å². The highest BCUT2D eigenvalue weighted by molar-refractivity contribution is 7.90. The number of alkyl halides is 1. The zero-order valence-electron chi connectivity index (χ0n) is 15.7. The Hall–Kier alpha value is -2.93. The zero-order valence-corrected chi connectivity index (χ0v) is 16.5. The molecule has 3 rings (SSSR count). The van der Waals surface area contributed by atoms with E-state index in [1.54, 1.807) is 42.8 Å². The van der Waals surface area contributed by atoms with E-state index in [4.69, 9.17) is 4.74 Å². The molecular formula is C21H20FNO4S. The molecule has 0 aliphatic carbocycles. The number of carbonyl (C=O) groups excluding carboxylic acids is 1. The maximum absolute atomic E-state index is 14.3. The number of halogens is 1. The number of rotatable bonds is 5. The van der Waals surface area contributed by atoms with E-state index in [1.165, 1.54) is 6.07 Å². The Bertz CT molecular complexity index is 1140. The summed E-state index contributed by atoms with van der Waals surface area (Å²) in [5.74, 6) is -1.26. The summed E-state index contributed by atoms with van der Waals surface area (Å²) < 4.78 is 46.2. The van der Waals surface area contributed by atoms with Gasteiger partial charge in [0.25, 0.3) is 10.0 Å². The number of nitrogens with one attached hydrogen (secondary N) is 1. The summed E-state index contributed by atoms with van der Waals surface area (Å²) >= 11 is 0. The Kier molecular flexibility index (Phi) is 5.38. The van der Waals surface area contributed by atoms with Crippen molar-refractivity contribution in [2.24, 2.45) is 0 Å². The molecule has 1 N–H and O–H groups in total. The average Bonchev–Trinajstić information content (AvgIpc) is 2.59. The monoisotopic (exact) mass is 401 g/mol. The number of aryl methyl sites for hydroxylation is 3. The SMILES string of the molecule is Cc1cc(C)c(S(=O)(=O)NC(=O)C(F)Oc2ccc3ccccc3c2)c(C)c1. The molecule has 0 aliphatic rings. The van der Waals surface area contributed by atoms with Crippen molar-refractivity contribution in [3.8, 4) is 5.75 Å². The van der Waals surface area contributed by atoms with E-state index < -0.39 is 22.3 Å². The number of amides is 1. The van der Waals surface area contributed by atoms with E-state index >= 15 is 0 Å². The second kappa shape index (κ2) is 7.59. The lowest BCUT2D eigenvalue weighted by Crippen LogP contribution is -2.39. The Labute approximate surface area is 163 Å². The highest BCUT2D eigenvalue weighted by Gasteiger charge is 2.28. The van der Waals surface area contributed by atoms with Gasteiger partial charge in [0.2, 0.25) is 0 Å². The minimum Gasteiger partial charge on any atom is -0.452 e. The minimum absolute atomic E-state index is 0.0376. The fraction of sp³-hybridized carbons (Fsp3) is 0.190. The molecule has 0 radical (unpaired) electrons. The maximum Gasteiger partial charge on any atom is 0.317 e. The van der Waals surface area contributed by atoms with Gasteiger partial charge in [-0.1, -0.05) is 48.0 Å². The highest BCUT2D eigenvalue weighted by atomic mass is 32.2. The molecule has 0 bridgehead atoms. The predicted octanol–water partition coefficient (Wildman–Crippen LogP) is 3.94. The first-order valence-electron chi connectivity index (χ1n) is 8.61. The second-order valence-electron chi connectivity index (χ2n) is 6.64. The molecule has 0 fully saturated rings. The van der Waals surface area contributed by atoms with Crippen molar-refractivity contribution < 1.29 is 22.3 Å². The molecule has 3 aromatic rings. The number of fused-ring (bicyclic) bond motifs is 1. The third-order valence-electron chi connectivity index (χ3n) is 4.27. The fourth-order valence-electron chi connectivity index (χ4n) is 3.23. The zero-order chi connectivity index (χ0) is 20.5. The number of ether oxygens (including phenoxy) is 1. The van der Waals surface area contributed by atoms with Crippen molar-refractivity contribution in [3.05, 3.63) is 71.3 Å². The fourth-order valence-corrected chi connectivity index (χ4v) is 4.66. The molecule has 28 heavy (non-hydrogen) atoms. The van der Waals surface area contributed by atoms with E-state index in [0.717, 1.165) is 16.3 Å². The Balaban J connectivity index is 1.77. The number of hydrogen-bond donors (Lipinski definition) is 1. The number of sulfonamides is 1. The molecule has 1 atom stereocenters. The van der Waals surface area contributed by atoms with Gasteiger partial charge in [-0.25, -0.2) is 13.1 Å². The van der Waals surface area contributed by atoms with Gasteiger partial charge in [0.1, 0.15) is 5.75 Å². The van der Waals surface area contributed by atoms with Gasteiger partial charge < -0.3 is 4.74 Å². The highest BCUT2D eigenvalue weighted by Crippen LogP contribution is 2.23. The van der Waals surface area contributed by atoms with Crippen LogP contribution in [0.25, 0.3) is 10.8 Å². The van der Waals surface area contributed by atoms with Crippen molar-refractivity contribution in [1.82, 2.24) is 4.72 Å². The smallest absolute Gasteiger partial charge is 0.317 e. The standard InChI is InChI=1S/C21H20FNO4S/c1-13-10-14(2)19(15(3)11-13)28(25,26)23-21(24)20(22)27-18-9-8-16-6-4-5-7-17(16)12-18/h4-12,20H,1-3H3,(H,23,24). The van der Waals surface area contributed by atoms with Crippen LogP contribution < -0.4 is 9.46 Å². The molecule has 0 saturated carbocycles. The normalized spacial score (nSPS) is 12.6. The summed E-state index contributed by atoms with van der Waals surface area (Å²) in [4.78, 5) is 12.1. The molecular weight excluding hydrogens is 381 g/mol. The molecule has 5 nitrogen and oxygen atoms in total. The summed E-state index contributed by atoms with van der Waals surface area (Å²) in [7, 11) is -4.23. The molecule has 7 heteroatoms. The lowest BCUT2D eigenvalue weighted by molar-refractivity contribution is -0.133. The molecule has 0 saturated heterocycles. The first-order valence-corrected chi connectivity index (χ1v) is 10.1. The summed E-state index contributed by atoms with van der Waals surface area (Å²) in [6.07, 6.45) is -2.47. The third-order valence-corrected chi connectivity index (χ3v) is 5.93. The van der Waals surface area contributed by atoms with Crippen LogP contribution in [0.3, 0.4) is 0 Å². The van der Waals surface area contributed by atoms with Crippen LogP contribution >= 0.6 is 0 Å². The van der Waals surface area contributed by atoms with Crippen LogP contribution in [0.5, 0.6) is 5.75 Å². The van der Waals surface area contributed by atoms with Gasteiger partial charge in [0.15, 0.2) is 0 Å². The van der Waals surface area contributed by atoms with Crippen molar-refractivity contribution in [2.45, 2.75) is 32.0 Å². The van der Waals surface area contributed by atoms with E-state index in [0.29, 0.717) is 11.1 Å². The van der Waals surface area contributed by atoms with Crippen LogP contribution in [0.4, 0.5) is 4.39 Å². The van der Waals surface area contributed by atoms with Crippen molar-refractivity contribution >= 4 is 26.7 Å². The van der Waals surface area contributed by atoms with E-state index in [9.17, 15) is 17.6 Å². The summed E-state index contributed by atoms with van der Waals surface area (Å²) in [5.41, 5.74) is 1.84. The van der Waals surface area contributed by atoms with Crippen LogP contribution in [0.2, 0.25) is 0 Å². The molecule has 0 spiro atoms. The van der Waals surface area contributed by atoms with E-state index in [2.05, 4.69) is 0 Å². The first-order chi connectivity index (χ1) is 13.2. The lowest BCUT2D eigenvalue weighted by atomic mass is 10.1. The van der Waals surface area contributed by atoms with Crippen LogP contribution in [0, 0.1) is 20.8 Å². The van der Waals surface area contributed by atoms with Crippen LogP contribution in [-0.4, -0.2) is 20.7 Å². The Morgan fingerprint density at radius 2 is 1.57 bits per heavy atom. The average molecular weight is 401 g/mol. The maximum atomic E-state index is 14.3. The minimum atomic E-state index is -4.23. The van der Waals surface area contributed by atoms with Crippen LogP contribution in [-0.2, 0) is 14.8 Å². The van der Waals surface area contributed by atoms with Crippen LogP contribution in [0.1, 0.15) is 16.7 Å². The predicted molar refractivity (Wildman–Crippen MR) is 105 cm³/mol. The quantitative estimate of drug-likeness (QED) is 0.703. The third kappa shape index (κ3) is 4.14. The van der Waals surface area contributed by atoms with Gasteiger partial charge >= 0.3 is 12.3 Å². The molecule has 0 aliphatic heterocycles. The first kappa shape index (κ1) is 19.8. The largest absolute Gasteiger partial charge is 0.452 e. The Morgan fingerprint density at radius 1 is 0.964 bits per heavy atom. The molecule has 1 amide bonds.